The first kappa shape index (κ1) is 18.5. The molecule has 138 valence electrons. The Morgan fingerprint density at radius 1 is 1.04 bits per heavy atom. The highest BCUT2D eigenvalue weighted by Crippen LogP contribution is 2.26. The molecule has 2 aromatic carbocycles. The molecule has 0 unspecified atom stereocenters. The topological polar surface area (TPSA) is 45.2 Å². The van der Waals surface area contributed by atoms with Crippen molar-refractivity contribution in [2.75, 3.05) is 16.8 Å². The van der Waals surface area contributed by atoms with Crippen molar-refractivity contribution in [2.24, 2.45) is 0 Å². The summed E-state index contributed by atoms with van der Waals surface area (Å²) < 4.78 is 27.5. The SMILES string of the molecule is CCN(c1cccc(C)c1)c1cncc(C(=O)Nc2c(F)cccc2F)c1. The third-order valence-corrected chi connectivity index (χ3v) is 4.13. The summed E-state index contributed by atoms with van der Waals surface area (Å²) in [5, 5.41) is 2.28. The quantitative estimate of drug-likeness (QED) is 0.684. The van der Waals surface area contributed by atoms with Gasteiger partial charge in [0.2, 0.25) is 0 Å². The highest BCUT2D eigenvalue weighted by Gasteiger charge is 2.16. The summed E-state index contributed by atoms with van der Waals surface area (Å²) >= 11 is 0. The fraction of sp³-hybridized carbons (Fsp3) is 0.143. The summed E-state index contributed by atoms with van der Waals surface area (Å²) in [6.45, 7) is 4.66. The van der Waals surface area contributed by atoms with E-state index in [1.807, 2.05) is 43.0 Å². The van der Waals surface area contributed by atoms with Crippen LogP contribution in [0.3, 0.4) is 0 Å². The monoisotopic (exact) mass is 367 g/mol. The van der Waals surface area contributed by atoms with Gasteiger partial charge in [-0.3, -0.25) is 9.78 Å². The lowest BCUT2D eigenvalue weighted by Gasteiger charge is -2.23. The molecule has 0 aliphatic heterocycles. The molecule has 0 bridgehead atoms. The zero-order valence-corrected chi connectivity index (χ0v) is 15.0. The number of pyridine rings is 1. The second kappa shape index (κ2) is 7.95. The summed E-state index contributed by atoms with van der Waals surface area (Å²) in [6.07, 6.45) is 3.01. The van der Waals surface area contributed by atoms with E-state index < -0.39 is 23.2 Å². The smallest absolute Gasteiger partial charge is 0.257 e. The van der Waals surface area contributed by atoms with E-state index in [9.17, 15) is 13.6 Å². The number of para-hydroxylation sites is 1. The normalized spacial score (nSPS) is 10.5. The molecule has 6 heteroatoms. The van der Waals surface area contributed by atoms with Gasteiger partial charge in [-0.1, -0.05) is 18.2 Å². The minimum atomic E-state index is -0.831. The summed E-state index contributed by atoms with van der Waals surface area (Å²) in [5.41, 5.74) is 2.53. The van der Waals surface area contributed by atoms with Crippen molar-refractivity contribution in [3.63, 3.8) is 0 Å². The molecule has 1 amide bonds. The zero-order valence-electron chi connectivity index (χ0n) is 15.0. The number of nitrogens with zero attached hydrogens (tertiary/aromatic N) is 2. The lowest BCUT2D eigenvalue weighted by molar-refractivity contribution is 0.102. The number of aryl methyl sites for hydroxylation is 1. The van der Waals surface area contributed by atoms with Gasteiger partial charge in [0, 0.05) is 18.4 Å². The number of anilines is 3. The number of rotatable bonds is 5. The average molecular weight is 367 g/mol. The van der Waals surface area contributed by atoms with E-state index in [4.69, 9.17) is 0 Å². The van der Waals surface area contributed by atoms with Crippen molar-refractivity contribution in [1.29, 1.82) is 0 Å². The molecule has 3 aromatic rings. The van der Waals surface area contributed by atoms with Crippen molar-refractivity contribution in [1.82, 2.24) is 4.98 Å². The molecule has 0 radical (unpaired) electrons. The number of nitrogens with one attached hydrogen (secondary N) is 1. The maximum atomic E-state index is 13.8. The Kier molecular flexibility index (Phi) is 5.45. The van der Waals surface area contributed by atoms with Crippen LogP contribution >= 0.6 is 0 Å². The van der Waals surface area contributed by atoms with E-state index in [1.165, 1.54) is 12.3 Å². The third-order valence-electron chi connectivity index (χ3n) is 4.13. The second-order valence-corrected chi connectivity index (χ2v) is 6.07. The van der Waals surface area contributed by atoms with Crippen LogP contribution in [0.5, 0.6) is 0 Å². The summed E-state index contributed by atoms with van der Waals surface area (Å²) in [6, 6.07) is 13.0. The Balaban J connectivity index is 1.89. The van der Waals surface area contributed by atoms with Gasteiger partial charge in [0.25, 0.3) is 5.91 Å². The van der Waals surface area contributed by atoms with Crippen LogP contribution in [0.4, 0.5) is 25.8 Å². The predicted molar refractivity (Wildman–Crippen MR) is 102 cm³/mol. The molecule has 1 heterocycles. The van der Waals surface area contributed by atoms with Gasteiger partial charge in [0.15, 0.2) is 0 Å². The van der Waals surface area contributed by atoms with E-state index in [2.05, 4.69) is 10.3 Å². The van der Waals surface area contributed by atoms with Gasteiger partial charge in [-0.05, 0) is 49.7 Å². The largest absolute Gasteiger partial charge is 0.340 e. The molecule has 3 rings (SSSR count). The lowest BCUT2D eigenvalue weighted by atomic mass is 10.1. The van der Waals surface area contributed by atoms with E-state index in [-0.39, 0.29) is 5.56 Å². The first-order chi connectivity index (χ1) is 13.0. The van der Waals surface area contributed by atoms with E-state index in [1.54, 1.807) is 12.3 Å². The van der Waals surface area contributed by atoms with E-state index >= 15 is 0 Å². The van der Waals surface area contributed by atoms with Gasteiger partial charge >= 0.3 is 0 Å². The molecule has 0 atom stereocenters. The fourth-order valence-corrected chi connectivity index (χ4v) is 2.81. The molecule has 4 nitrogen and oxygen atoms in total. The number of benzene rings is 2. The minimum Gasteiger partial charge on any atom is -0.340 e. The number of hydrogen-bond acceptors (Lipinski definition) is 3. The average Bonchev–Trinajstić information content (AvgIpc) is 2.66. The van der Waals surface area contributed by atoms with Crippen molar-refractivity contribution < 1.29 is 13.6 Å². The van der Waals surface area contributed by atoms with Crippen LogP contribution in [-0.2, 0) is 0 Å². The number of halogens is 2. The standard InChI is InChI=1S/C21H19F2N3O/c1-3-26(16-7-4-6-14(2)10-16)17-11-15(12-24-13-17)21(27)25-20-18(22)8-5-9-19(20)23/h4-13H,3H2,1-2H3,(H,25,27). The van der Waals surface area contributed by atoms with Crippen LogP contribution in [-0.4, -0.2) is 17.4 Å². The maximum absolute atomic E-state index is 13.8. The van der Waals surface area contributed by atoms with Crippen LogP contribution in [0, 0.1) is 18.6 Å². The Hall–Kier alpha value is -3.28. The summed E-state index contributed by atoms with van der Waals surface area (Å²) in [4.78, 5) is 18.6. The molecular weight excluding hydrogens is 348 g/mol. The zero-order chi connectivity index (χ0) is 19.4. The van der Waals surface area contributed by atoms with Gasteiger partial charge < -0.3 is 10.2 Å². The molecule has 0 spiro atoms. The van der Waals surface area contributed by atoms with Gasteiger partial charge in [0.1, 0.15) is 17.3 Å². The first-order valence-corrected chi connectivity index (χ1v) is 8.54. The third kappa shape index (κ3) is 4.11. The van der Waals surface area contributed by atoms with Crippen LogP contribution < -0.4 is 10.2 Å². The molecule has 27 heavy (non-hydrogen) atoms. The number of aromatic nitrogens is 1. The summed E-state index contributed by atoms with van der Waals surface area (Å²) in [5.74, 6) is -2.29. The molecule has 0 fully saturated rings. The van der Waals surface area contributed by atoms with Gasteiger partial charge in [0.05, 0.1) is 17.4 Å². The van der Waals surface area contributed by atoms with Crippen LogP contribution in [0.25, 0.3) is 0 Å². The van der Waals surface area contributed by atoms with Crippen molar-refractivity contribution in [3.05, 3.63) is 83.7 Å². The Morgan fingerprint density at radius 2 is 1.74 bits per heavy atom. The number of carbonyl (C=O) groups excluding carboxylic acids is 1. The first-order valence-electron chi connectivity index (χ1n) is 8.54. The number of hydrogen-bond donors (Lipinski definition) is 1. The Labute approximate surface area is 156 Å². The highest BCUT2D eigenvalue weighted by molar-refractivity contribution is 6.04. The fourth-order valence-electron chi connectivity index (χ4n) is 2.81. The second-order valence-electron chi connectivity index (χ2n) is 6.07. The Morgan fingerprint density at radius 3 is 2.41 bits per heavy atom. The predicted octanol–water partition coefficient (Wildman–Crippen LogP) is 5.08. The van der Waals surface area contributed by atoms with Crippen LogP contribution in [0.15, 0.2) is 60.9 Å². The minimum absolute atomic E-state index is 0.209. The molecular formula is C21H19F2N3O. The molecule has 0 aliphatic carbocycles. The summed E-state index contributed by atoms with van der Waals surface area (Å²) in [7, 11) is 0. The molecule has 0 saturated heterocycles. The van der Waals surface area contributed by atoms with E-state index in [0.29, 0.717) is 12.2 Å². The molecule has 0 saturated carbocycles. The van der Waals surface area contributed by atoms with Crippen LogP contribution in [0.2, 0.25) is 0 Å². The Bertz CT molecular complexity index is 955. The van der Waals surface area contributed by atoms with Gasteiger partial charge in [-0.15, -0.1) is 0 Å². The number of amides is 1. The van der Waals surface area contributed by atoms with Gasteiger partial charge in [-0.25, -0.2) is 8.78 Å². The highest BCUT2D eigenvalue weighted by atomic mass is 19.1. The van der Waals surface area contributed by atoms with Crippen LogP contribution in [0.1, 0.15) is 22.8 Å². The van der Waals surface area contributed by atoms with Crippen molar-refractivity contribution in [3.8, 4) is 0 Å². The lowest BCUT2D eigenvalue weighted by Crippen LogP contribution is -2.19. The van der Waals surface area contributed by atoms with E-state index in [0.717, 1.165) is 23.4 Å². The van der Waals surface area contributed by atoms with Crippen molar-refractivity contribution in [2.45, 2.75) is 13.8 Å². The molecule has 1 aromatic heterocycles. The molecule has 0 aliphatic rings. The maximum Gasteiger partial charge on any atom is 0.257 e. The molecule has 1 N–H and O–H groups in total. The van der Waals surface area contributed by atoms with Crippen molar-refractivity contribution >= 4 is 23.0 Å². The number of carbonyl (C=O) groups is 1. The van der Waals surface area contributed by atoms with Gasteiger partial charge in [-0.2, -0.15) is 0 Å².